The predicted molar refractivity (Wildman–Crippen MR) is 127 cm³/mol. The number of benzene rings is 3. The molecule has 0 spiro atoms. The SMILES string of the molecule is Fc1ccccc1Cn1cc(C(=S)N2CCc3ccccc3C2)c2cc(Br)ccc21. The third kappa shape index (κ3) is 3.57. The molecule has 0 unspecified atom stereocenters. The summed E-state index contributed by atoms with van der Waals surface area (Å²) in [5.74, 6) is -0.187. The molecular weight excluding hydrogens is 459 g/mol. The molecule has 5 heteroatoms. The molecule has 1 aliphatic heterocycles. The van der Waals surface area contributed by atoms with Gasteiger partial charge in [-0.15, -0.1) is 0 Å². The van der Waals surface area contributed by atoms with Gasteiger partial charge in [0, 0.05) is 45.8 Å². The van der Waals surface area contributed by atoms with Crippen molar-refractivity contribution in [2.45, 2.75) is 19.5 Å². The second kappa shape index (κ2) is 7.97. The van der Waals surface area contributed by atoms with Crippen LogP contribution in [0.3, 0.4) is 0 Å². The molecule has 0 atom stereocenters. The number of aromatic nitrogens is 1. The van der Waals surface area contributed by atoms with E-state index in [1.165, 1.54) is 17.2 Å². The first-order chi connectivity index (χ1) is 14.6. The molecule has 1 aromatic heterocycles. The summed E-state index contributed by atoms with van der Waals surface area (Å²) in [4.78, 5) is 3.13. The fraction of sp³-hybridized carbons (Fsp3) is 0.160. The van der Waals surface area contributed by atoms with Crippen molar-refractivity contribution in [3.63, 3.8) is 0 Å². The second-order valence-corrected chi connectivity index (χ2v) is 8.97. The van der Waals surface area contributed by atoms with Gasteiger partial charge >= 0.3 is 0 Å². The van der Waals surface area contributed by atoms with Gasteiger partial charge in [0.05, 0.1) is 6.54 Å². The van der Waals surface area contributed by atoms with Gasteiger partial charge in [-0.2, -0.15) is 0 Å². The highest BCUT2D eigenvalue weighted by molar-refractivity contribution is 9.10. The van der Waals surface area contributed by atoms with Gasteiger partial charge in [-0.05, 0) is 41.8 Å². The van der Waals surface area contributed by atoms with Crippen LogP contribution in [-0.4, -0.2) is 21.0 Å². The molecule has 5 rings (SSSR count). The highest BCUT2D eigenvalue weighted by Crippen LogP contribution is 2.29. The van der Waals surface area contributed by atoms with Crippen LogP contribution in [0.25, 0.3) is 10.9 Å². The molecule has 0 saturated heterocycles. The van der Waals surface area contributed by atoms with Crippen molar-refractivity contribution < 1.29 is 4.39 Å². The molecule has 2 heterocycles. The minimum absolute atomic E-state index is 0.187. The summed E-state index contributed by atoms with van der Waals surface area (Å²) in [6.45, 7) is 2.20. The summed E-state index contributed by atoms with van der Waals surface area (Å²) in [7, 11) is 0. The Balaban J connectivity index is 1.53. The fourth-order valence-electron chi connectivity index (χ4n) is 4.22. The predicted octanol–water partition coefficient (Wildman–Crippen LogP) is 6.33. The van der Waals surface area contributed by atoms with E-state index in [2.05, 4.69) is 68.0 Å². The van der Waals surface area contributed by atoms with Crippen LogP contribution in [-0.2, 0) is 19.5 Å². The minimum Gasteiger partial charge on any atom is -0.358 e. The first-order valence-corrected chi connectivity index (χ1v) is 11.2. The van der Waals surface area contributed by atoms with Crippen LogP contribution < -0.4 is 0 Å². The van der Waals surface area contributed by atoms with Crippen molar-refractivity contribution in [3.05, 3.63) is 105 Å². The first-order valence-electron chi connectivity index (χ1n) is 9.98. The number of fused-ring (bicyclic) bond motifs is 2. The molecule has 0 radical (unpaired) electrons. The van der Waals surface area contributed by atoms with Crippen LogP contribution in [0.2, 0.25) is 0 Å². The third-order valence-electron chi connectivity index (χ3n) is 5.79. The zero-order chi connectivity index (χ0) is 20.7. The van der Waals surface area contributed by atoms with E-state index < -0.39 is 0 Å². The number of thiocarbonyl (C=S) groups is 1. The molecule has 150 valence electrons. The maximum atomic E-state index is 14.3. The van der Waals surface area contributed by atoms with Gasteiger partial charge in [-0.3, -0.25) is 0 Å². The molecule has 1 aliphatic rings. The number of nitrogens with zero attached hydrogens (tertiary/aromatic N) is 2. The molecule has 3 aromatic carbocycles. The van der Waals surface area contributed by atoms with E-state index in [-0.39, 0.29) is 5.82 Å². The van der Waals surface area contributed by atoms with Crippen LogP contribution in [0.15, 0.2) is 77.4 Å². The van der Waals surface area contributed by atoms with Gasteiger partial charge in [0.25, 0.3) is 0 Å². The Labute approximate surface area is 189 Å². The Morgan fingerprint density at radius 1 is 1.00 bits per heavy atom. The minimum atomic E-state index is -0.187. The zero-order valence-corrected chi connectivity index (χ0v) is 18.7. The van der Waals surface area contributed by atoms with E-state index in [9.17, 15) is 4.39 Å². The molecule has 4 aromatic rings. The highest BCUT2D eigenvalue weighted by Gasteiger charge is 2.22. The normalized spacial score (nSPS) is 13.5. The number of hydrogen-bond acceptors (Lipinski definition) is 1. The highest BCUT2D eigenvalue weighted by atomic mass is 79.9. The summed E-state index contributed by atoms with van der Waals surface area (Å²) in [5, 5.41) is 1.09. The van der Waals surface area contributed by atoms with E-state index >= 15 is 0 Å². The lowest BCUT2D eigenvalue weighted by Crippen LogP contribution is -2.35. The standard InChI is InChI=1S/C25H20BrFN2S/c26-20-9-10-24-21(13-20)22(16-29(24)15-19-7-3-4-8-23(19)27)25(30)28-12-11-17-5-1-2-6-18(17)14-28/h1-10,13,16H,11-12,14-15H2. The molecular formula is C25H20BrFN2S. The fourth-order valence-corrected chi connectivity index (χ4v) is 4.90. The van der Waals surface area contributed by atoms with Gasteiger partial charge in [0.15, 0.2) is 0 Å². The van der Waals surface area contributed by atoms with Crippen molar-refractivity contribution in [1.82, 2.24) is 9.47 Å². The third-order valence-corrected chi connectivity index (χ3v) is 6.76. The number of hydrogen-bond donors (Lipinski definition) is 0. The first kappa shape index (κ1) is 19.5. The van der Waals surface area contributed by atoms with Crippen LogP contribution in [0, 0.1) is 5.82 Å². The van der Waals surface area contributed by atoms with Crippen molar-refractivity contribution in [3.8, 4) is 0 Å². The Morgan fingerprint density at radius 2 is 1.77 bits per heavy atom. The topological polar surface area (TPSA) is 8.17 Å². The van der Waals surface area contributed by atoms with Gasteiger partial charge in [-0.25, -0.2) is 4.39 Å². The molecule has 0 amide bonds. The average molecular weight is 479 g/mol. The summed E-state index contributed by atoms with van der Waals surface area (Å²) in [6.07, 6.45) is 3.07. The van der Waals surface area contributed by atoms with Crippen LogP contribution in [0.4, 0.5) is 4.39 Å². The average Bonchev–Trinajstić information content (AvgIpc) is 3.12. The Morgan fingerprint density at radius 3 is 2.60 bits per heavy atom. The van der Waals surface area contributed by atoms with E-state index in [4.69, 9.17) is 12.2 Å². The van der Waals surface area contributed by atoms with Gasteiger partial charge < -0.3 is 9.47 Å². The van der Waals surface area contributed by atoms with Crippen molar-refractivity contribution in [2.24, 2.45) is 0 Å². The van der Waals surface area contributed by atoms with E-state index in [1.54, 1.807) is 6.07 Å². The lowest BCUT2D eigenvalue weighted by molar-refractivity contribution is 0.401. The Bertz CT molecular complexity index is 1260. The summed E-state index contributed by atoms with van der Waals surface area (Å²) in [5.41, 5.74) is 5.48. The van der Waals surface area contributed by atoms with Crippen LogP contribution in [0.5, 0.6) is 0 Å². The maximum absolute atomic E-state index is 14.3. The van der Waals surface area contributed by atoms with Crippen LogP contribution in [0.1, 0.15) is 22.3 Å². The smallest absolute Gasteiger partial charge is 0.128 e. The molecule has 30 heavy (non-hydrogen) atoms. The van der Waals surface area contributed by atoms with Crippen molar-refractivity contribution in [1.29, 1.82) is 0 Å². The van der Waals surface area contributed by atoms with E-state index in [0.29, 0.717) is 12.1 Å². The quantitative estimate of drug-likeness (QED) is 0.318. The largest absolute Gasteiger partial charge is 0.358 e. The van der Waals surface area contributed by atoms with Crippen LogP contribution >= 0.6 is 28.1 Å². The lowest BCUT2D eigenvalue weighted by atomic mass is 9.99. The maximum Gasteiger partial charge on any atom is 0.128 e. The Hall–Kier alpha value is -2.50. The second-order valence-electron chi connectivity index (χ2n) is 7.67. The van der Waals surface area contributed by atoms with Gasteiger partial charge in [-0.1, -0.05) is 70.6 Å². The van der Waals surface area contributed by atoms with Gasteiger partial charge in [0.2, 0.25) is 0 Å². The monoisotopic (exact) mass is 478 g/mol. The Kier molecular flexibility index (Phi) is 5.17. The molecule has 0 fully saturated rings. The summed E-state index contributed by atoms with van der Waals surface area (Å²) in [6, 6.07) is 21.7. The summed E-state index contributed by atoms with van der Waals surface area (Å²) < 4.78 is 17.4. The van der Waals surface area contributed by atoms with E-state index in [1.807, 2.05) is 18.2 Å². The lowest BCUT2D eigenvalue weighted by Gasteiger charge is -2.30. The summed E-state index contributed by atoms with van der Waals surface area (Å²) >= 11 is 9.56. The number of rotatable bonds is 3. The zero-order valence-electron chi connectivity index (χ0n) is 16.3. The molecule has 2 nitrogen and oxygen atoms in total. The molecule has 0 saturated carbocycles. The van der Waals surface area contributed by atoms with Crippen molar-refractivity contribution >= 4 is 44.0 Å². The molecule has 0 bridgehead atoms. The van der Waals surface area contributed by atoms with E-state index in [0.717, 1.165) is 45.4 Å². The number of halogens is 2. The molecule has 0 aliphatic carbocycles. The van der Waals surface area contributed by atoms with Gasteiger partial charge in [0.1, 0.15) is 10.8 Å². The molecule has 0 N–H and O–H groups in total. The van der Waals surface area contributed by atoms with Crippen molar-refractivity contribution in [2.75, 3.05) is 6.54 Å².